The number of nitrogens with zero attached hydrogens (tertiary/aromatic N) is 1. The number of hydrogen-bond donors (Lipinski definition) is 3. The van der Waals surface area contributed by atoms with Crippen molar-refractivity contribution in [2.24, 2.45) is 4.99 Å². The van der Waals surface area contributed by atoms with Gasteiger partial charge >= 0.3 is 0 Å². The third kappa shape index (κ3) is 7.27. The summed E-state index contributed by atoms with van der Waals surface area (Å²) in [4.78, 5) is 17.7. The Hall–Kier alpha value is -3.72. The second-order valence-corrected chi connectivity index (χ2v) is 11.5. The molecule has 4 aromatic carbocycles. The van der Waals surface area contributed by atoms with Gasteiger partial charge in [-0.25, -0.2) is 13.1 Å². The first-order valence-electron chi connectivity index (χ1n) is 13.1. The number of benzene rings is 4. The van der Waals surface area contributed by atoms with Crippen LogP contribution < -0.4 is 15.4 Å². The Morgan fingerprint density at radius 2 is 1.62 bits per heavy atom. The van der Waals surface area contributed by atoms with Crippen molar-refractivity contribution in [3.63, 3.8) is 0 Å². The quantitative estimate of drug-likeness (QED) is 0.253. The van der Waals surface area contributed by atoms with Crippen molar-refractivity contribution in [1.82, 2.24) is 15.4 Å². The van der Waals surface area contributed by atoms with E-state index in [2.05, 4.69) is 20.3 Å². The zero-order valence-corrected chi connectivity index (χ0v) is 23.8. The fourth-order valence-electron chi connectivity index (χ4n) is 4.82. The number of fused-ring (bicyclic) bond motifs is 1. The van der Waals surface area contributed by atoms with Crippen molar-refractivity contribution < 1.29 is 13.2 Å². The third-order valence-corrected chi connectivity index (χ3v) is 8.24. The first-order valence-corrected chi connectivity index (χ1v) is 14.6. The molecule has 2 atom stereocenters. The van der Waals surface area contributed by atoms with Crippen LogP contribution in [0.1, 0.15) is 36.1 Å². The maximum absolute atomic E-state index is 13.4. The topological polar surface area (TPSA) is 99.7 Å². The molecule has 3 N–H and O–H groups in total. The predicted octanol–water partition coefficient (Wildman–Crippen LogP) is 4.77. The number of aliphatic imine (C=N–C) groups is 1. The minimum atomic E-state index is -3.88. The number of carbonyl (C=O) groups excluding carboxylic acids is 1. The largest absolute Gasteiger partial charge is 0.368 e. The van der Waals surface area contributed by atoms with Crippen molar-refractivity contribution in [2.45, 2.75) is 36.7 Å². The van der Waals surface area contributed by atoms with Crippen LogP contribution in [-0.2, 0) is 21.2 Å². The van der Waals surface area contributed by atoms with Gasteiger partial charge in [-0.1, -0.05) is 84.9 Å². The molecule has 1 aliphatic heterocycles. The molecule has 9 heteroatoms. The van der Waals surface area contributed by atoms with Crippen LogP contribution in [0.2, 0.25) is 0 Å². The van der Waals surface area contributed by atoms with Crippen LogP contribution in [0.3, 0.4) is 0 Å². The lowest BCUT2D eigenvalue weighted by molar-refractivity contribution is -0.122. The fraction of sp³-hybridized carbons (Fsp3) is 0.226. The average molecular weight is 577 g/mol. The number of halogens is 1. The summed E-state index contributed by atoms with van der Waals surface area (Å²) >= 11 is 0. The summed E-state index contributed by atoms with van der Waals surface area (Å²) in [6.45, 7) is 3.61. The number of hydrogen-bond acceptors (Lipinski definition) is 5. The van der Waals surface area contributed by atoms with Gasteiger partial charge in [-0.15, -0.1) is 12.4 Å². The van der Waals surface area contributed by atoms with E-state index in [-0.39, 0.29) is 35.7 Å². The molecule has 1 amide bonds. The molecule has 208 valence electrons. The predicted molar refractivity (Wildman–Crippen MR) is 162 cm³/mol. The molecule has 0 aliphatic carbocycles. The Kier molecular flexibility index (Phi) is 9.58. The Labute approximate surface area is 241 Å². The van der Waals surface area contributed by atoms with E-state index in [1.165, 1.54) is 0 Å². The van der Waals surface area contributed by atoms with Gasteiger partial charge in [0.1, 0.15) is 5.84 Å². The SMILES string of the molecule is CC(Cc1ccc(C2=NCCN2)cc1)NC(=O)CC(NS(=O)(=O)c1ccc2ccccc2c1)c1ccccc1.Cl. The van der Waals surface area contributed by atoms with Crippen LogP contribution in [0, 0.1) is 0 Å². The van der Waals surface area contributed by atoms with Crippen molar-refractivity contribution in [3.05, 3.63) is 114 Å². The normalized spacial score (nSPS) is 14.5. The molecule has 1 heterocycles. The highest BCUT2D eigenvalue weighted by Crippen LogP contribution is 2.23. The van der Waals surface area contributed by atoms with E-state index in [1.807, 2.05) is 85.8 Å². The zero-order chi connectivity index (χ0) is 27.2. The smallest absolute Gasteiger partial charge is 0.241 e. The van der Waals surface area contributed by atoms with Crippen molar-refractivity contribution in [3.8, 4) is 0 Å². The molecule has 2 unspecified atom stereocenters. The highest BCUT2D eigenvalue weighted by atomic mass is 35.5. The van der Waals surface area contributed by atoms with Gasteiger partial charge in [0.15, 0.2) is 0 Å². The summed E-state index contributed by atoms with van der Waals surface area (Å²) in [5.41, 5.74) is 2.88. The van der Waals surface area contributed by atoms with Gasteiger partial charge in [-0.2, -0.15) is 0 Å². The number of amides is 1. The minimum Gasteiger partial charge on any atom is -0.368 e. The monoisotopic (exact) mass is 576 g/mol. The number of amidine groups is 1. The molecular formula is C31H33ClN4O3S. The highest BCUT2D eigenvalue weighted by molar-refractivity contribution is 7.89. The zero-order valence-electron chi connectivity index (χ0n) is 22.2. The van der Waals surface area contributed by atoms with Crippen LogP contribution in [0.4, 0.5) is 0 Å². The van der Waals surface area contributed by atoms with Crippen LogP contribution >= 0.6 is 12.4 Å². The van der Waals surface area contributed by atoms with Crippen LogP contribution in [-0.4, -0.2) is 39.3 Å². The molecule has 7 nitrogen and oxygen atoms in total. The molecule has 0 saturated heterocycles. The molecule has 0 radical (unpaired) electrons. The Morgan fingerprint density at radius 3 is 2.33 bits per heavy atom. The van der Waals surface area contributed by atoms with Crippen molar-refractivity contribution in [1.29, 1.82) is 0 Å². The van der Waals surface area contributed by atoms with Gasteiger partial charge in [0.2, 0.25) is 15.9 Å². The lowest BCUT2D eigenvalue weighted by atomic mass is 10.0. The molecule has 0 bridgehead atoms. The van der Waals surface area contributed by atoms with E-state index in [0.717, 1.165) is 46.4 Å². The molecule has 0 fully saturated rings. The Bertz CT molecular complexity index is 1590. The molecule has 0 aromatic heterocycles. The summed E-state index contributed by atoms with van der Waals surface area (Å²) in [5.74, 6) is 0.694. The average Bonchev–Trinajstić information content (AvgIpc) is 3.48. The lowest BCUT2D eigenvalue weighted by Gasteiger charge is -2.21. The van der Waals surface area contributed by atoms with Gasteiger partial charge in [0.05, 0.1) is 17.5 Å². The number of nitrogens with one attached hydrogen (secondary N) is 3. The van der Waals surface area contributed by atoms with Gasteiger partial charge in [0.25, 0.3) is 0 Å². The number of carbonyl (C=O) groups is 1. The third-order valence-electron chi connectivity index (χ3n) is 6.77. The van der Waals surface area contributed by atoms with Gasteiger partial charge < -0.3 is 10.6 Å². The summed E-state index contributed by atoms with van der Waals surface area (Å²) in [5, 5.41) is 8.11. The fourth-order valence-corrected chi connectivity index (χ4v) is 6.08. The van der Waals surface area contributed by atoms with Crippen LogP contribution in [0.25, 0.3) is 10.8 Å². The van der Waals surface area contributed by atoms with Crippen molar-refractivity contribution >= 4 is 44.9 Å². The molecule has 40 heavy (non-hydrogen) atoms. The van der Waals surface area contributed by atoms with E-state index in [1.54, 1.807) is 18.2 Å². The molecule has 5 rings (SSSR count). The Balaban J connectivity index is 0.00000370. The maximum Gasteiger partial charge on any atom is 0.241 e. The number of sulfonamides is 1. The number of rotatable bonds is 10. The van der Waals surface area contributed by atoms with E-state index >= 15 is 0 Å². The second-order valence-electron chi connectivity index (χ2n) is 9.82. The summed E-state index contributed by atoms with van der Waals surface area (Å²) in [6.07, 6.45) is 0.635. The van der Waals surface area contributed by atoms with Crippen LogP contribution in [0.15, 0.2) is 107 Å². The summed E-state index contributed by atoms with van der Waals surface area (Å²) in [7, 11) is -3.88. The first kappa shape index (κ1) is 29.3. The van der Waals surface area contributed by atoms with E-state index in [4.69, 9.17) is 0 Å². The first-order chi connectivity index (χ1) is 18.9. The molecule has 0 saturated carbocycles. The van der Waals surface area contributed by atoms with Gasteiger partial charge in [0, 0.05) is 24.6 Å². The van der Waals surface area contributed by atoms with Crippen LogP contribution in [0.5, 0.6) is 0 Å². The standard InChI is InChI=1S/C31H32N4O3S.ClH/c1-22(19-23-11-13-26(14-12-23)31-32-17-18-33-31)34-30(36)21-29(25-8-3-2-4-9-25)35-39(37,38)28-16-15-24-7-5-6-10-27(24)20-28;/h2-16,20,22,29,35H,17-19,21H2,1H3,(H,32,33)(H,34,36);1H. The Morgan fingerprint density at radius 1 is 0.925 bits per heavy atom. The van der Waals surface area contributed by atoms with Gasteiger partial charge in [-0.05, 0) is 47.4 Å². The molecule has 0 spiro atoms. The van der Waals surface area contributed by atoms with E-state index in [0.29, 0.717) is 6.42 Å². The van der Waals surface area contributed by atoms with E-state index < -0.39 is 16.1 Å². The van der Waals surface area contributed by atoms with Gasteiger partial charge in [-0.3, -0.25) is 9.79 Å². The van der Waals surface area contributed by atoms with Crippen molar-refractivity contribution in [2.75, 3.05) is 13.1 Å². The molecular weight excluding hydrogens is 544 g/mol. The minimum absolute atomic E-state index is 0. The lowest BCUT2D eigenvalue weighted by Crippen LogP contribution is -2.38. The summed E-state index contributed by atoms with van der Waals surface area (Å²) < 4.78 is 29.5. The maximum atomic E-state index is 13.4. The van der Waals surface area contributed by atoms with E-state index in [9.17, 15) is 13.2 Å². The molecule has 1 aliphatic rings. The molecule has 4 aromatic rings. The highest BCUT2D eigenvalue weighted by Gasteiger charge is 2.24. The summed E-state index contributed by atoms with van der Waals surface area (Å²) in [6, 6.07) is 29.2. The second kappa shape index (κ2) is 13.1.